The highest BCUT2D eigenvalue weighted by molar-refractivity contribution is 9.09. The van der Waals surface area contributed by atoms with Crippen molar-refractivity contribution in [3.63, 3.8) is 0 Å². The highest BCUT2D eigenvalue weighted by atomic mass is 79.9. The Kier molecular flexibility index (Phi) is 7.09. The molecule has 0 aliphatic heterocycles. The molecule has 120 valence electrons. The fourth-order valence-corrected chi connectivity index (χ4v) is 4.46. The number of hydrogen-bond donors (Lipinski definition) is 0. The van der Waals surface area contributed by atoms with Crippen LogP contribution in [0.2, 0.25) is 0 Å². The summed E-state index contributed by atoms with van der Waals surface area (Å²) in [4.78, 5) is 0. The van der Waals surface area contributed by atoms with Crippen molar-refractivity contribution in [1.29, 1.82) is 0 Å². The Morgan fingerprint density at radius 2 is 1.40 bits per heavy atom. The van der Waals surface area contributed by atoms with Gasteiger partial charge in [0.15, 0.2) is 0 Å². The van der Waals surface area contributed by atoms with Gasteiger partial charge in [0.05, 0.1) is 0 Å². The van der Waals surface area contributed by atoms with Crippen molar-refractivity contribution in [2.24, 2.45) is 28.6 Å². The first-order valence-corrected chi connectivity index (χ1v) is 9.84. The van der Waals surface area contributed by atoms with Crippen LogP contribution in [0.15, 0.2) is 0 Å². The van der Waals surface area contributed by atoms with E-state index < -0.39 is 0 Å². The predicted octanol–water partition coefficient (Wildman–Crippen LogP) is 7.07. The second-order valence-electron chi connectivity index (χ2n) is 9.16. The lowest BCUT2D eigenvalue weighted by molar-refractivity contribution is 0.169. The van der Waals surface area contributed by atoms with Gasteiger partial charge in [-0.25, -0.2) is 0 Å². The number of alkyl halides is 1. The van der Waals surface area contributed by atoms with Crippen LogP contribution in [0.25, 0.3) is 0 Å². The van der Waals surface area contributed by atoms with Crippen LogP contribution in [0, 0.1) is 28.6 Å². The van der Waals surface area contributed by atoms with Gasteiger partial charge < -0.3 is 0 Å². The van der Waals surface area contributed by atoms with E-state index in [1.807, 2.05) is 0 Å². The standard InChI is InChI=1S/C19H37Br/c1-18(2,3)16-13-15(11-9-7-8-10-12-20)17(14-16)19(4,5)6/h15-17H,7-14H2,1-6H3/t15-,16+,17?/m0/s1. The summed E-state index contributed by atoms with van der Waals surface area (Å²) in [6.07, 6.45) is 10.0. The maximum Gasteiger partial charge on any atom is 0.00313 e. The lowest BCUT2D eigenvalue weighted by Crippen LogP contribution is -2.24. The minimum atomic E-state index is 0.487. The molecule has 0 aromatic heterocycles. The molecular formula is C19H37Br. The summed E-state index contributed by atoms with van der Waals surface area (Å²) in [6, 6.07) is 0. The van der Waals surface area contributed by atoms with Crippen LogP contribution in [0.4, 0.5) is 0 Å². The normalized spacial score (nSPS) is 28.1. The SMILES string of the molecule is CC(C)(C)C1C[C@H](C(C)(C)C)C[C@@H]1CCCCCCBr. The Morgan fingerprint density at radius 3 is 1.90 bits per heavy atom. The summed E-state index contributed by atoms with van der Waals surface area (Å²) in [5, 5.41) is 1.17. The molecule has 0 N–H and O–H groups in total. The molecule has 0 radical (unpaired) electrons. The average Bonchev–Trinajstić information content (AvgIpc) is 2.72. The summed E-state index contributed by atoms with van der Waals surface area (Å²) >= 11 is 3.53. The predicted molar refractivity (Wildman–Crippen MR) is 95.5 cm³/mol. The second kappa shape index (κ2) is 7.65. The highest BCUT2D eigenvalue weighted by Crippen LogP contribution is 2.52. The van der Waals surface area contributed by atoms with E-state index in [1.54, 1.807) is 0 Å². The molecule has 0 heterocycles. The lowest BCUT2D eigenvalue weighted by Gasteiger charge is -2.33. The summed E-state index contributed by atoms with van der Waals surface area (Å²) in [5.41, 5.74) is 0.981. The zero-order valence-electron chi connectivity index (χ0n) is 14.8. The molecule has 20 heavy (non-hydrogen) atoms. The molecule has 0 saturated heterocycles. The van der Waals surface area contributed by atoms with Crippen LogP contribution >= 0.6 is 15.9 Å². The molecule has 1 saturated carbocycles. The number of unbranched alkanes of at least 4 members (excludes halogenated alkanes) is 3. The van der Waals surface area contributed by atoms with Crippen molar-refractivity contribution in [1.82, 2.24) is 0 Å². The van der Waals surface area contributed by atoms with Gasteiger partial charge in [0.2, 0.25) is 0 Å². The molecule has 0 nitrogen and oxygen atoms in total. The third kappa shape index (κ3) is 5.70. The quantitative estimate of drug-likeness (QED) is 0.357. The monoisotopic (exact) mass is 344 g/mol. The van der Waals surface area contributed by atoms with E-state index >= 15 is 0 Å². The third-order valence-electron chi connectivity index (χ3n) is 5.49. The molecule has 1 unspecified atom stereocenters. The van der Waals surface area contributed by atoms with E-state index in [9.17, 15) is 0 Å². The third-order valence-corrected chi connectivity index (χ3v) is 6.05. The average molecular weight is 345 g/mol. The van der Waals surface area contributed by atoms with E-state index in [2.05, 4.69) is 57.5 Å². The number of halogens is 1. The van der Waals surface area contributed by atoms with Gasteiger partial charge in [-0.3, -0.25) is 0 Å². The summed E-state index contributed by atoms with van der Waals surface area (Å²) in [7, 11) is 0. The molecule has 1 heteroatoms. The van der Waals surface area contributed by atoms with Gasteiger partial charge in [-0.15, -0.1) is 0 Å². The molecule has 1 aliphatic rings. The maximum atomic E-state index is 3.53. The van der Waals surface area contributed by atoms with Crippen LogP contribution in [-0.4, -0.2) is 5.33 Å². The van der Waals surface area contributed by atoms with Crippen LogP contribution < -0.4 is 0 Å². The Bertz CT molecular complexity index is 268. The summed E-state index contributed by atoms with van der Waals surface area (Å²) in [5.74, 6) is 2.84. The number of rotatable bonds is 6. The van der Waals surface area contributed by atoms with E-state index in [4.69, 9.17) is 0 Å². The van der Waals surface area contributed by atoms with Gasteiger partial charge >= 0.3 is 0 Å². The number of hydrogen-bond acceptors (Lipinski definition) is 0. The lowest BCUT2D eigenvalue weighted by atomic mass is 9.72. The molecule has 0 spiro atoms. The van der Waals surface area contributed by atoms with Crippen molar-refractivity contribution in [2.75, 3.05) is 5.33 Å². The second-order valence-corrected chi connectivity index (χ2v) is 9.95. The molecule has 1 aliphatic carbocycles. The first-order valence-electron chi connectivity index (χ1n) is 8.72. The Hall–Kier alpha value is 0.480. The fraction of sp³-hybridized carbons (Fsp3) is 1.00. The van der Waals surface area contributed by atoms with Crippen molar-refractivity contribution in [2.45, 2.75) is 86.5 Å². The molecule has 3 atom stereocenters. The van der Waals surface area contributed by atoms with E-state index in [0.717, 1.165) is 17.8 Å². The van der Waals surface area contributed by atoms with Crippen LogP contribution in [-0.2, 0) is 0 Å². The maximum absolute atomic E-state index is 3.53. The van der Waals surface area contributed by atoms with Crippen molar-refractivity contribution < 1.29 is 0 Å². The van der Waals surface area contributed by atoms with Gasteiger partial charge in [-0.2, -0.15) is 0 Å². The highest BCUT2D eigenvalue weighted by Gasteiger charge is 2.43. The minimum absolute atomic E-state index is 0.487. The van der Waals surface area contributed by atoms with Gasteiger partial charge in [0.25, 0.3) is 0 Å². The zero-order chi connectivity index (χ0) is 15.4. The van der Waals surface area contributed by atoms with Crippen molar-refractivity contribution in [3.05, 3.63) is 0 Å². The largest absolute Gasteiger partial charge is 0.0928 e. The van der Waals surface area contributed by atoms with Crippen LogP contribution in [0.1, 0.15) is 86.5 Å². The molecule has 1 fully saturated rings. The van der Waals surface area contributed by atoms with Gasteiger partial charge in [-0.05, 0) is 47.8 Å². The smallest absolute Gasteiger partial charge is 0.00313 e. The zero-order valence-corrected chi connectivity index (χ0v) is 16.4. The Labute approximate surface area is 136 Å². The van der Waals surface area contributed by atoms with E-state index in [0.29, 0.717) is 10.8 Å². The van der Waals surface area contributed by atoms with E-state index in [-0.39, 0.29) is 0 Å². The Morgan fingerprint density at radius 1 is 0.800 bits per heavy atom. The Balaban J connectivity index is 2.52. The van der Waals surface area contributed by atoms with Crippen LogP contribution in [0.5, 0.6) is 0 Å². The molecule has 0 bridgehead atoms. The minimum Gasteiger partial charge on any atom is -0.0928 e. The molecule has 1 rings (SSSR count). The molecule has 0 aromatic carbocycles. The first-order chi connectivity index (χ1) is 9.16. The topological polar surface area (TPSA) is 0 Å². The first kappa shape index (κ1) is 18.5. The van der Waals surface area contributed by atoms with Crippen molar-refractivity contribution >= 4 is 15.9 Å². The fourth-order valence-electron chi connectivity index (χ4n) is 4.07. The van der Waals surface area contributed by atoms with Gasteiger partial charge in [0.1, 0.15) is 0 Å². The van der Waals surface area contributed by atoms with E-state index in [1.165, 1.54) is 50.3 Å². The molecule has 0 aromatic rings. The summed E-state index contributed by atoms with van der Waals surface area (Å²) in [6.45, 7) is 14.7. The van der Waals surface area contributed by atoms with Crippen molar-refractivity contribution in [3.8, 4) is 0 Å². The van der Waals surface area contributed by atoms with Gasteiger partial charge in [0, 0.05) is 5.33 Å². The van der Waals surface area contributed by atoms with Gasteiger partial charge in [-0.1, -0.05) is 83.2 Å². The van der Waals surface area contributed by atoms with Crippen LogP contribution in [0.3, 0.4) is 0 Å². The molecular weight excluding hydrogens is 308 g/mol. The molecule has 0 amide bonds. The summed E-state index contributed by atoms with van der Waals surface area (Å²) < 4.78 is 0.